The number of aromatic nitrogens is 3. The smallest absolute Gasteiger partial charge is 0.160 e. The fourth-order valence-corrected chi connectivity index (χ4v) is 5.04. The minimum atomic E-state index is 0.422. The number of fused-ring (bicyclic) bond motifs is 2. The lowest BCUT2D eigenvalue weighted by Crippen LogP contribution is -2.29. The van der Waals surface area contributed by atoms with E-state index in [-0.39, 0.29) is 0 Å². The zero-order chi connectivity index (χ0) is 22.2. The van der Waals surface area contributed by atoms with Crippen LogP contribution >= 0.6 is 0 Å². The van der Waals surface area contributed by atoms with Gasteiger partial charge in [0, 0.05) is 28.9 Å². The Morgan fingerprint density at radius 1 is 0.879 bits per heavy atom. The third-order valence-electron chi connectivity index (χ3n) is 6.73. The molecule has 1 fully saturated rings. The molecule has 0 amide bonds. The molecule has 0 radical (unpaired) electrons. The lowest BCUT2D eigenvalue weighted by atomic mass is 9.93. The van der Waals surface area contributed by atoms with Gasteiger partial charge in [-0.3, -0.25) is 0 Å². The summed E-state index contributed by atoms with van der Waals surface area (Å²) in [5, 5.41) is 5.89. The number of hydrogen-bond acceptors (Lipinski definition) is 4. The van der Waals surface area contributed by atoms with Crippen molar-refractivity contribution in [3.05, 3.63) is 79.3 Å². The number of nitrogens with one attached hydrogen (secondary N) is 1. The summed E-state index contributed by atoms with van der Waals surface area (Å²) in [6.45, 7) is 2.06. The van der Waals surface area contributed by atoms with Gasteiger partial charge in [0.15, 0.2) is 5.65 Å². The minimum absolute atomic E-state index is 0.422. The van der Waals surface area contributed by atoms with Crippen LogP contribution < -0.4 is 10.1 Å². The number of para-hydroxylation sites is 1. The highest BCUT2D eigenvalue weighted by molar-refractivity contribution is 6.02. The first-order chi connectivity index (χ1) is 16.3. The second kappa shape index (κ2) is 8.34. The van der Waals surface area contributed by atoms with E-state index in [2.05, 4.69) is 58.4 Å². The van der Waals surface area contributed by atoms with Crippen molar-refractivity contribution < 1.29 is 4.74 Å². The lowest BCUT2D eigenvalue weighted by molar-refractivity contribution is 0.373. The van der Waals surface area contributed by atoms with Crippen LogP contribution in [0.3, 0.4) is 0 Å². The summed E-state index contributed by atoms with van der Waals surface area (Å²) in [4.78, 5) is 9.87. The summed E-state index contributed by atoms with van der Waals surface area (Å²) in [5.41, 5.74) is 6.18. The van der Waals surface area contributed by atoms with Crippen molar-refractivity contribution in [3.8, 4) is 28.0 Å². The van der Waals surface area contributed by atoms with Crippen LogP contribution in [0.25, 0.3) is 44.2 Å². The summed E-state index contributed by atoms with van der Waals surface area (Å²) in [5.74, 6) is 0.832. The molecule has 1 N–H and O–H groups in total. The van der Waals surface area contributed by atoms with Gasteiger partial charge in [0.1, 0.15) is 11.3 Å². The van der Waals surface area contributed by atoms with Crippen molar-refractivity contribution in [2.75, 3.05) is 20.2 Å². The van der Waals surface area contributed by atoms with Gasteiger partial charge in [0.25, 0.3) is 0 Å². The van der Waals surface area contributed by atoms with E-state index in [0.29, 0.717) is 6.04 Å². The molecular weight excluding hydrogens is 408 g/mol. The monoisotopic (exact) mass is 434 g/mol. The molecule has 0 unspecified atom stereocenters. The van der Waals surface area contributed by atoms with E-state index in [1.807, 2.05) is 30.7 Å². The van der Waals surface area contributed by atoms with E-state index in [0.717, 1.165) is 65.1 Å². The first-order valence-corrected chi connectivity index (χ1v) is 11.5. The fourth-order valence-electron chi connectivity index (χ4n) is 5.04. The van der Waals surface area contributed by atoms with Crippen molar-refractivity contribution in [2.45, 2.75) is 18.9 Å². The van der Waals surface area contributed by atoms with Gasteiger partial charge in [-0.1, -0.05) is 54.6 Å². The second-order valence-electron chi connectivity index (χ2n) is 8.61. The maximum Gasteiger partial charge on any atom is 0.160 e. The van der Waals surface area contributed by atoms with Crippen molar-refractivity contribution in [2.24, 2.45) is 0 Å². The molecule has 0 spiro atoms. The molecule has 0 saturated carbocycles. The second-order valence-corrected chi connectivity index (χ2v) is 8.61. The van der Waals surface area contributed by atoms with Crippen LogP contribution in [0.1, 0.15) is 18.9 Å². The SMILES string of the molecule is COc1ccccc1-c1cnc2c(ncn2C2CCNCC2)c1-c1ccc2ccccc2c1. The molecule has 33 heavy (non-hydrogen) atoms. The fraction of sp³-hybridized carbons (Fsp3) is 0.214. The Labute approximate surface area is 193 Å². The van der Waals surface area contributed by atoms with Gasteiger partial charge in [-0.05, 0) is 54.4 Å². The third kappa shape index (κ3) is 3.45. The largest absolute Gasteiger partial charge is 0.496 e. The van der Waals surface area contributed by atoms with E-state index >= 15 is 0 Å². The Balaban J connectivity index is 1.62. The van der Waals surface area contributed by atoms with Crippen LogP contribution in [-0.4, -0.2) is 34.7 Å². The Kier molecular flexibility index (Phi) is 5.04. The van der Waals surface area contributed by atoms with Gasteiger partial charge < -0.3 is 14.6 Å². The number of pyridine rings is 1. The molecule has 0 atom stereocenters. The molecule has 164 valence electrons. The van der Waals surface area contributed by atoms with Gasteiger partial charge >= 0.3 is 0 Å². The number of methoxy groups -OCH3 is 1. The van der Waals surface area contributed by atoms with Gasteiger partial charge in [-0.2, -0.15) is 0 Å². The molecule has 6 rings (SSSR count). The third-order valence-corrected chi connectivity index (χ3v) is 6.73. The Bertz CT molecular complexity index is 1450. The normalized spacial score (nSPS) is 14.7. The summed E-state index contributed by atoms with van der Waals surface area (Å²) >= 11 is 0. The van der Waals surface area contributed by atoms with Crippen molar-refractivity contribution in [1.29, 1.82) is 0 Å². The summed E-state index contributed by atoms with van der Waals surface area (Å²) in [6, 6.07) is 23.7. The number of rotatable bonds is 4. The molecule has 1 saturated heterocycles. The molecular formula is C28H26N4O. The van der Waals surface area contributed by atoms with Crippen LogP contribution in [0.4, 0.5) is 0 Å². The zero-order valence-electron chi connectivity index (χ0n) is 18.7. The number of imidazole rings is 1. The summed E-state index contributed by atoms with van der Waals surface area (Å²) in [6.07, 6.45) is 6.15. The average molecular weight is 435 g/mol. The predicted molar refractivity (Wildman–Crippen MR) is 134 cm³/mol. The number of piperidine rings is 1. The predicted octanol–water partition coefficient (Wildman–Crippen LogP) is 5.85. The number of nitrogens with zero attached hydrogens (tertiary/aromatic N) is 3. The van der Waals surface area contributed by atoms with E-state index in [1.54, 1.807) is 7.11 Å². The topological polar surface area (TPSA) is 52.0 Å². The first kappa shape index (κ1) is 19.9. The van der Waals surface area contributed by atoms with Gasteiger partial charge in [-0.15, -0.1) is 0 Å². The molecule has 5 nitrogen and oxygen atoms in total. The van der Waals surface area contributed by atoms with Crippen LogP contribution in [0.5, 0.6) is 5.75 Å². The van der Waals surface area contributed by atoms with Crippen LogP contribution in [0.15, 0.2) is 79.3 Å². The van der Waals surface area contributed by atoms with Crippen molar-refractivity contribution in [3.63, 3.8) is 0 Å². The van der Waals surface area contributed by atoms with Gasteiger partial charge in [0.2, 0.25) is 0 Å². The summed E-state index contributed by atoms with van der Waals surface area (Å²) in [7, 11) is 1.71. The van der Waals surface area contributed by atoms with Crippen molar-refractivity contribution >= 4 is 21.9 Å². The molecule has 3 aromatic carbocycles. The molecule has 1 aliphatic heterocycles. The molecule has 0 aliphatic carbocycles. The number of hydrogen-bond donors (Lipinski definition) is 1. The molecule has 1 aliphatic rings. The van der Waals surface area contributed by atoms with Crippen LogP contribution in [-0.2, 0) is 0 Å². The highest BCUT2D eigenvalue weighted by atomic mass is 16.5. The minimum Gasteiger partial charge on any atom is -0.496 e. The Morgan fingerprint density at radius 2 is 1.67 bits per heavy atom. The van der Waals surface area contributed by atoms with Crippen molar-refractivity contribution in [1.82, 2.24) is 19.9 Å². The number of ether oxygens (including phenoxy) is 1. The van der Waals surface area contributed by atoms with E-state index in [9.17, 15) is 0 Å². The maximum absolute atomic E-state index is 5.71. The van der Waals surface area contributed by atoms with E-state index in [1.165, 1.54) is 10.8 Å². The highest BCUT2D eigenvalue weighted by Crippen LogP contribution is 2.41. The zero-order valence-corrected chi connectivity index (χ0v) is 18.7. The molecule has 3 heterocycles. The van der Waals surface area contributed by atoms with Gasteiger partial charge in [-0.25, -0.2) is 9.97 Å². The molecule has 0 bridgehead atoms. The quantitative estimate of drug-likeness (QED) is 0.385. The first-order valence-electron chi connectivity index (χ1n) is 11.5. The van der Waals surface area contributed by atoms with Crippen LogP contribution in [0, 0.1) is 0 Å². The Morgan fingerprint density at radius 3 is 2.52 bits per heavy atom. The van der Waals surface area contributed by atoms with E-state index < -0.39 is 0 Å². The Hall–Kier alpha value is -3.70. The van der Waals surface area contributed by atoms with E-state index in [4.69, 9.17) is 14.7 Å². The molecule has 5 aromatic rings. The van der Waals surface area contributed by atoms with Crippen LogP contribution in [0.2, 0.25) is 0 Å². The summed E-state index contributed by atoms with van der Waals surface area (Å²) < 4.78 is 7.98. The average Bonchev–Trinajstić information content (AvgIpc) is 3.32. The lowest BCUT2D eigenvalue weighted by Gasteiger charge is -2.24. The molecule has 2 aromatic heterocycles. The van der Waals surface area contributed by atoms with Gasteiger partial charge in [0.05, 0.1) is 13.4 Å². The molecule has 5 heteroatoms. The standard InChI is InChI=1S/C28H26N4O/c1-33-25-9-5-4-8-23(25)24-17-30-28-27(31-18-32(28)22-12-14-29-15-13-22)26(24)21-11-10-19-6-2-3-7-20(19)16-21/h2-11,16-18,22,29H,12-15H2,1H3. The number of benzene rings is 3. The highest BCUT2D eigenvalue weighted by Gasteiger charge is 2.22. The maximum atomic E-state index is 5.71.